The minimum Gasteiger partial charge on any atom is -0.370 e. The molecule has 1 atom stereocenters. The van der Waals surface area contributed by atoms with Crippen molar-refractivity contribution in [3.8, 4) is 0 Å². The van der Waals surface area contributed by atoms with Crippen LogP contribution in [0.2, 0.25) is 4.34 Å². The van der Waals surface area contributed by atoms with Gasteiger partial charge in [-0.05, 0) is 56.0 Å². The van der Waals surface area contributed by atoms with E-state index in [0.29, 0.717) is 9.21 Å². The highest BCUT2D eigenvalue weighted by molar-refractivity contribution is 7.18. The Labute approximate surface area is 226 Å². The van der Waals surface area contributed by atoms with Gasteiger partial charge in [0, 0.05) is 30.9 Å². The van der Waals surface area contributed by atoms with Crippen molar-refractivity contribution >= 4 is 52.0 Å². The van der Waals surface area contributed by atoms with Crippen molar-refractivity contribution in [1.82, 2.24) is 10.2 Å². The number of benzene rings is 1. The first-order chi connectivity index (χ1) is 18.1. The summed E-state index contributed by atoms with van der Waals surface area (Å²) in [6, 6.07) is 6.24. The number of morpholine rings is 1. The lowest BCUT2D eigenvalue weighted by Crippen LogP contribution is -2.52. The Bertz CT molecular complexity index is 1220. The van der Waals surface area contributed by atoms with Crippen LogP contribution >= 0.6 is 22.9 Å². The van der Waals surface area contributed by atoms with E-state index in [2.05, 4.69) is 15.5 Å². The standard InChI is InChI=1S/C25H26ClF3N4O4S/c26-21-8-7-20(38-21)24(36)30-12-19(33(15-2-3-15)16-4-5-16)23(35)31-14-1-6-18(17(11-14)25(27,28)29)32-9-10-37-13-22(32)34/h1,6-8,11,15-16,19H,2-5,9-10,12-13H2,(H,30,36)(H,31,35)/t19-/m1/s1. The van der Waals surface area contributed by atoms with Gasteiger partial charge in [0.15, 0.2) is 0 Å². The molecule has 0 bridgehead atoms. The summed E-state index contributed by atoms with van der Waals surface area (Å²) < 4.78 is 47.5. The van der Waals surface area contributed by atoms with Gasteiger partial charge in [-0.25, -0.2) is 0 Å². The maximum atomic E-state index is 14.0. The minimum absolute atomic E-state index is 0.000321. The monoisotopic (exact) mass is 570 g/mol. The van der Waals surface area contributed by atoms with E-state index in [4.69, 9.17) is 16.3 Å². The highest BCUT2D eigenvalue weighted by Gasteiger charge is 2.45. The zero-order valence-electron chi connectivity index (χ0n) is 20.2. The van der Waals surface area contributed by atoms with Crippen molar-refractivity contribution in [2.75, 3.05) is 36.5 Å². The van der Waals surface area contributed by atoms with Crippen LogP contribution < -0.4 is 15.5 Å². The number of amides is 3. The number of alkyl halides is 3. The van der Waals surface area contributed by atoms with Crippen LogP contribution in [0, 0.1) is 0 Å². The summed E-state index contributed by atoms with van der Waals surface area (Å²) in [5.74, 6) is -1.44. The second-order valence-electron chi connectivity index (χ2n) is 9.56. The highest BCUT2D eigenvalue weighted by Crippen LogP contribution is 2.40. The molecule has 3 amide bonds. The normalized spacial score (nSPS) is 19.0. The number of thiophene rings is 1. The van der Waals surface area contributed by atoms with Crippen LogP contribution in [0.4, 0.5) is 24.5 Å². The maximum absolute atomic E-state index is 14.0. The first-order valence-corrected chi connectivity index (χ1v) is 13.5. The molecule has 2 N–H and O–H groups in total. The fraction of sp³-hybridized carbons (Fsp3) is 0.480. The van der Waals surface area contributed by atoms with Crippen LogP contribution in [0.5, 0.6) is 0 Å². The molecule has 0 unspecified atom stereocenters. The Morgan fingerprint density at radius 2 is 1.87 bits per heavy atom. The number of nitrogens with one attached hydrogen (secondary N) is 2. The first kappa shape index (κ1) is 26.9. The van der Waals surface area contributed by atoms with E-state index in [1.807, 2.05) is 0 Å². The smallest absolute Gasteiger partial charge is 0.370 e. The molecular weight excluding hydrogens is 545 g/mol. The first-order valence-electron chi connectivity index (χ1n) is 12.3. The van der Waals surface area contributed by atoms with Gasteiger partial charge in [0.2, 0.25) is 5.91 Å². The van der Waals surface area contributed by atoms with E-state index < -0.39 is 29.6 Å². The van der Waals surface area contributed by atoms with E-state index in [1.165, 1.54) is 12.1 Å². The molecule has 5 rings (SSSR count). The van der Waals surface area contributed by atoms with Gasteiger partial charge in [0.1, 0.15) is 12.6 Å². The molecule has 0 radical (unpaired) electrons. The number of halogens is 4. The van der Waals surface area contributed by atoms with Gasteiger partial charge >= 0.3 is 6.18 Å². The van der Waals surface area contributed by atoms with E-state index in [-0.39, 0.29) is 55.7 Å². The number of nitrogens with zero attached hydrogens (tertiary/aromatic N) is 2. The Hall–Kier alpha value is -2.67. The number of hydrogen-bond donors (Lipinski definition) is 2. The van der Waals surface area contributed by atoms with Gasteiger partial charge in [0.25, 0.3) is 11.8 Å². The third kappa shape index (κ3) is 6.14. The summed E-state index contributed by atoms with van der Waals surface area (Å²) in [5.41, 5.74) is -1.34. The number of anilines is 2. The molecule has 2 aliphatic carbocycles. The maximum Gasteiger partial charge on any atom is 0.418 e. The van der Waals surface area contributed by atoms with Crippen LogP contribution in [0.15, 0.2) is 30.3 Å². The van der Waals surface area contributed by atoms with Crippen LogP contribution in [0.25, 0.3) is 0 Å². The lowest BCUT2D eigenvalue weighted by Gasteiger charge is -2.31. The van der Waals surface area contributed by atoms with Crippen molar-refractivity contribution in [3.63, 3.8) is 0 Å². The molecule has 0 spiro atoms. The molecule has 2 aromatic rings. The molecule has 1 saturated heterocycles. The second kappa shape index (κ2) is 10.8. The summed E-state index contributed by atoms with van der Waals surface area (Å²) in [5, 5.41) is 5.42. The predicted octanol–water partition coefficient (Wildman–Crippen LogP) is 4.15. The number of carbonyl (C=O) groups is 3. The summed E-state index contributed by atoms with van der Waals surface area (Å²) in [6.45, 7) is -0.161. The number of ether oxygens (including phenoxy) is 1. The Morgan fingerprint density at radius 1 is 1.16 bits per heavy atom. The van der Waals surface area contributed by atoms with Gasteiger partial charge in [0.05, 0.1) is 27.1 Å². The molecule has 1 aromatic heterocycles. The van der Waals surface area contributed by atoms with Crippen LogP contribution in [-0.4, -0.2) is 67.1 Å². The summed E-state index contributed by atoms with van der Waals surface area (Å²) in [7, 11) is 0. The summed E-state index contributed by atoms with van der Waals surface area (Å²) in [6.07, 6.45) is -1.05. The fourth-order valence-corrected chi connectivity index (χ4v) is 5.63. The molecular formula is C25H26ClF3N4O4S. The molecule has 13 heteroatoms. The molecule has 8 nitrogen and oxygen atoms in total. The molecule has 3 aliphatic rings. The predicted molar refractivity (Wildman–Crippen MR) is 137 cm³/mol. The largest absolute Gasteiger partial charge is 0.418 e. The second-order valence-corrected chi connectivity index (χ2v) is 11.3. The van der Waals surface area contributed by atoms with Crippen LogP contribution in [0.1, 0.15) is 40.9 Å². The van der Waals surface area contributed by atoms with E-state index in [9.17, 15) is 27.6 Å². The number of carbonyl (C=O) groups excluding carboxylic acids is 3. The van der Waals surface area contributed by atoms with Crippen LogP contribution in [0.3, 0.4) is 0 Å². The fourth-order valence-electron chi connectivity index (χ4n) is 4.67. The number of rotatable bonds is 9. The quantitative estimate of drug-likeness (QED) is 0.473. The molecule has 1 aromatic carbocycles. The van der Waals surface area contributed by atoms with Crippen molar-refractivity contribution in [1.29, 1.82) is 0 Å². The summed E-state index contributed by atoms with van der Waals surface area (Å²) >= 11 is 7.05. The molecule has 3 fully saturated rings. The van der Waals surface area contributed by atoms with Gasteiger partial charge in [-0.3, -0.25) is 19.3 Å². The van der Waals surface area contributed by atoms with E-state index in [1.54, 1.807) is 12.1 Å². The highest BCUT2D eigenvalue weighted by atomic mass is 35.5. The molecule has 2 heterocycles. The number of hydrogen-bond acceptors (Lipinski definition) is 6. The SMILES string of the molecule is O=C(NC[C@H](C(=O)Nc1ccc(N2CCOCC2=O)c(C(F)(F)F)c1)N(C1CC1)C1CC1)c1ccc(Cl)s1. The van der Waals surface area contributed by atoms with E-state index in [0.717, 1.165) is 48.0 Å². The van der Waals surface area contributed by atoms with Crippen molar-refractivity contribution < 1.29 is 32.3 Å². The van der Waals surface area contributed by atoms with Crippen molar-refractivity contribution in [3.05, 3.63) is 45.1 Å². The Kier molecular flexibility index (Phi) is 7.67. The topological polar surface area (TPSA) is 91.0 Å². The van der Waals surface area contributed by atoms with Gasteiger partial charge < -0.3 is 20.3 Å². The van der Waals surface area contributed by atoms with Gasteiger partial charge in [-0.15, -0.1) is 11.3 Å². The zero-order chi connectivity index (χ0) is 27.0. The van der Waals surface area contributed by atoms with Crippen molar-refractivity contribution in [2.24, 2.45) is 0 Å². The van der Waals surface area contributed by atoms with Crippen LogP contribution in [-0.2, 0) is 20.5 Å². The minimum atomic E-state index is -4.75. The summed E-state index contributed by atoms with van der Waals surface area (Å²) in [4.78, 5) is 41.8. The Morgan fingerprint density at radius 3 is 2.45 bits per heavy atom. The molecule has 1 aliphatic heterocycles. The average molecular weight is 571 g/mol. The molecule has 204 valence electrons. The van der Waals surface area contributed by atoms with Gasteiger partial charge in [-0.1, -0.05) is 11.6 Å². The lowest BCUT2D eigenvalue weighted by atomic mass is 10.1. The lowest BCUT2D eigenvalue weighted by molar-refractivity contribution is -0.137. The van der Waals surface area contributed by atoms with E-state index >= 15 is 0 Å². The zero-order valence-corrected chi connectivity index (χ0v) is 21.8. The molecule has 2 saturated carbocycles. The van der Waals surface area contributed by atoms with Gasteiger partial charge in [-0.2, -0.15) is 13.2 Å². The van der Waals surface area contributed by atoms with Crippen molar-refractivity contribution in [2.45, 2.75) is 50.0 Å². The average Bonchev–Trinajstić information content (AvgIpc) is 3.81. The molecule has 38 heavy (non-hydrogen) atoms. The third-order valence-corrected chi connectivity index (χ3v) is 7.93. The Balaban J connectivity index is 1.37. The third-order valence-electron chi connectivity index (χ3n) is 6.70.